The van der Waals surface area contributed by atoms with E-state index >= 15 is 0 Å². The van der Waals surface area contributed by atoms with Crippen molar-refractivity contribution in [3.63, 3.8) is 0 Å². The Morgan fingerprint density at radius 1 is 1.12 bits per heavy atom. The first kappa shape index (κ1) is 10.5. The third kappa shape index (κ3) is 2.34. The van der Waals surface area contributed by atoms with E-state index < -0.39 is 0 Å². The molecule has 2 aromatic rings. The van der Waals surface area contributed by atoms with Crippen LogP contribution in [0.25, 0.3) is 0 Å². The van der Waals surface area contributed by atoms with E-state index in [2.05, 4.69) is 40.2 Å². The highest BCUT2D eigenvalue weighted by molar-refractivity contribution is 5.55. The number of nitrogens with one attached hydrogen (secondary N) is 1. The molecule has 2 heterocycles. The standard InChI is InChI=1S/C12H14N4/c1-9(2)10-4-3-6-14-12(10)16-11-5-7-13-8-15-11/h3-9H,1-2H3,(H,13,14,15,16). The number of nitrogens with zero attached hydrogens (tertiary/aromatic N) is 3. The maximum absolute atomic E-state index is 4.32. The molecule has 2 rings (SSSR count). The molecule has 0 bridgehead atoms. The summed E-state index contributed by atoms with van der Waals surface area (Å²) in [5.74, 6) is 2.05. The molecule has 4 heteroatoms. The van der Waals surface area contributed by atoms with E-state index in [1.165, 1.54) is 11.9 Å². The molecule has 0 saturated carbocycles. The summed E-state index contributed by atoms with van der Waals surface area (Å²) in [6, 6.07) is 5.83. The van der Waals surface area contributed by atoms with Gasteiger partial charge in [-0.1, -0.05) is 19.9 Å². The van der Waals surface area contributed by atoms with Crippen molar-refractivity contribution in [3.05, 3.63) is 42.5 Å². The van der Waals surface area contributed by atoms with Gasteiger partial charge in [-0.05, 0) is 23.6 Å². The average Bonchev–Trinajstić information content (AvgIpc) is 2.31. The summed E-state index contributed by atoms with van der Waals surface area (Å²) in [5, 5.41) is 3.19. The van der Waals surface area contributed by atoms with Crippen LogP contribution in [0.15, 0.2) is 36.9 Å². The molecular formula is C12H14N4. The summed E-state index contributed by atoms with van der Waals surface area (Å²) >= 11 is 0. The number of hydrogen-bond donors (Lipinski definition) is 1. The molecule has 0 unspecified atom stereocenters. The Labute approximate surface area is 94.8 Å². The molecule has 0 aliphatic rings. The van der Waals surface area contributed by atoms with Crippen molar-refractivity contribution in [2.75, 3.05) is 5.32 Å². The predicted octanol–water partition coefficient (Wildman–Crippen LogP) is 2.74. The number of rotatable bonds is 3. The van der Waals surface area contributed by atoms with Crippen molar-refractivity contribution in [3.8, 4) is 0 Å². The van der Waals surface area contributed by atoms with E-state index in [1.54, 1.807) is 12.4 Å². The zero-order chi connectivity index (χ0) is 11.4. The van der Waals surface area contributed by atoms with Crippen LogP contribution in [0, 0.1) is 0 Å². The lowest BCUT2D eigenvalue weighted by Crippen LogP contribution is -2.01. The van der Waals surface area contributed by atoms with Crippen LogP contribution in [0.5, 0.6) is 0 Å². The van der Waals surface area contributed by atoms with Crippen LogP contribution in [-0.2, 0) is 0 Å². The second kappa shape index (κ2) is 4.70. The molecule has 0 amide bonds. The van der Waals surface area contributed by atoms with Gasteiger partial charge in [0, 0.05) is 12.4 Å². The highest BCUT2D eigenvalue weighted by atomic mass is 15.1. The summed E-state index contributed by atoms with van der Waals surface area (Å²) in [6.45, 7) is 4.28. The normalized spacial score (nSPS) is 10.4. The summed E-state index contributed by atoms with van der Waals surface area (Å²) in [7, 11) is 0. The molecule has 0 aromatic carbocycles. The Morgan fingerprint density at radius 3 is 2.69 bits per heavy atom. The van der Waals surface area contributed by atoms with Gasteiger partial charge in [0.15, 0.2) is 0 Å². The Balaban J connectivity index is 2.28. The minimum Gasteiger partial charge on any atom is -0.325 e. The van der Waals surface area contributed by atoms with Crippen LogP contribution in [-0.4, -0.2) is 15.0 Å². The monoisotopic (exact) mass is 214 g/mol. The summed E-state index contributed by atoms with van der Waals surface area (Å²) < 4.78 is 0. The van der Waals surface area contributed by atoms with Crippen LogP contribution < -0.4 is 5.32 Å². The average molecular weight is 214 g/mol. The highest BCUT2D eigenvalue weighted by Crippen LogP contribution is 2.23. The van der Waals surface area contributed by atoms with Gasteiger partial charge in [-0.15, -0.1) is 0 Å². The zero-order valence-corrected chi connectivity index (χ0v) is 9.38. The van der Waals surface area contributed by atoms with E-state index in [9.17, 15) is 0 Å². The van der Waals surface area contributed by atoms with Crippen molar-refractivity contribution in [1.29, 1.82) is 0 Å². The highest BCUT2D eigenvalue weighted by Gasteiger charge is 2.07. The van der Waals surface area contributed by atoms with Gasteiger partial charge in [0.1, 0.15) is 18.0 Å². The molecule has 4 nitrogen and oxygen atoms in total. The molecule has 0 saturated heterocycles. The molecule has 2 aromatic heterocycles. The maximum atomic E-state index is 4.32. The van der Waals surface area contributed by atoms with E-state index in [-0.39, 0.29) is 0 Å². The molecule has 0 spiro atoms. The van der Waals surface area contributed by atoms with E-state index in [1.807, 2.05) is 12.1 Å². The molecule has 82 valence electrons. The van der Waals surface area contributed by atoms with Crippen molar-refractivity contribution in [2.45, 2.75) is 19.8 Å². The minimum atomic E-state index is 0.429. The molecule has 1 N–H and O–H groups in total. The fraction of sp³-hybridized carbons (Fsp3) is 0.250. The topological polar surface area (TPSA) is 50.7 Å². The largest absolute Gasteiger partial charge is 0.325 e. The Bertz CT molecular complexity index is 454. The van der Waals surface area contributed by atoms with Crippen LogP contribution in [0.2, 0.25) is 0 Å². The third-order valence-electron chi connectivity index (χ3n) is 2.29. The van der Waals surface area contributed by atoms with Gasteiger partial charge in [0.05, 0.1) is 0 Å². The van der Waals surface area contributed by atoms with Crippen molar-refractivity contribution in [1.82, 2.24) is 15.0 Å². The Kier molecular flexibility index (Phi) is 3.10. The van der Waals surface area contributed by atoms with Gasteiger partial charge in [-0.2, -0.15) is 0 Å². The second-order valence-corrected chi connectivity index (χ2v) is 3.82. The smallest absolute Gasteiger partial charge is 0.134 e. The Morgan fingerprint density at radius 2 is 2.00 bits per heavy atom. The summed E-state index contributed by atoms with van der Waals surface area (Å²) in [4.78, 5) is 12.3. The zero-order valence-electron chi connectivity index (χ0n) is 9.38. The second-order valence-electron chi connectivity index (χ2n) is 3.82. The minimum absolute atomic E-state index is 0.429. The third-order valence-corrected chi connectivity index (χ3v) is 2.29. The van der Waals surface area contributed by atoms with Gasteiger partial charge < -0.3 is 5.32 Å². The number of pyridine rings is 1. The number of hydrogen-bond acceptors (Lipinski definition) is 4. The van der Waals surface area contributed by atoms with Gasteiger partial charge in [-0.25, -0.2) is 15.0 Å². The lowest BCUT2D eigenvalue weighted by atomic mass is 10.0. The van der Waals surface area contributed by atoms with Crippen molar-refractivity contribution in [2.24, 2.45) is 0 Å². The van der Waals surface area contributed by atoms with Gasteiger partial charge >= 0.3 is 0 Å². The first-order valence-electron chi connectivity index (χ1n) is 5.25. The number of anilines is 2. The molecule has 0 atom stereocenters. The molecule has 16 heavy (non-hydrogen) atoms. The maximum Gasteiger partial charge on any atom is 0.134 e. The van der Waals surface area contributed by atoms with Crippen LogP contribution >= 0.6 is 0 Å². The van der Waals surface area contributed by atoms with Crippen LogP contribution in [0.1, 0.15) is 25.3 Å². The van der Waals surface area contributed by atoms with E-state index in [4.69, 9.17) is 0 Å². The SMILES string of the molecule is CC(C)c1cccnc1Nc1ccncn1. The molecule has 0 aliphatic carbocycles. The van der Waals surface area contributed by atoms with Crippen LogP contribution in [0.4, 0.5) is 11.6 Å². The summed E-state index contributed by atoms with van der Waals surface area (Å²) in [6.07, 6.45) is 4.99. The lowest BCUT2D eigenvalue weighted by Gasteiger charge is -2.12. The van der Waals surface area contributed by atoms with Crippen molar-refractivity contribution < 1.29 is 0 Å². The Hall–Kier alpha value is -1.97. The van der Waals surface area contributed by atoms with Gasteiger partial charge in [0.2, 0.25) is 0 Å². The molecule has 0 aliphatic heterocycles. The summed E-state index contributed by atoms with van der Waals surface area (Å²) in [5.41, 5.74) is 1.18. The van der Waals surface area contributed by atoms with E-state index in [0.29, 0.717) is 5.92 Å². The van der Waals surface area contributed by atoms with Crippen LogP contribution in [0.3, 0.4) is 0 Å². The quantitative estimate of drug-likeness (QED) is 0.853. The number of aromatic nitrogens is 3. The first-order chi connectivity index (χ1) is 7.77. The molecule has 0 radical (unpaired) electrons. The first-order valence-corrected chi connectivity index (χ1v) is 5.25. The van der Waals surface area contributed by atoms with Crippen molar-refractivity contribution >= 4 is 11.6 Å². The van der Waals surface area contributed by atoms with Gasteiger partial charge in [-0.3, -0.25) is 0 Å². The fourth-order valence-electron chi connectivity index (χ4n) is 1.47. The predicted molar refractivity (Wildman–Crippen MR) is 63.6 cm³/mol. The van der Waals surface area contributed by atoms with E-state index in [0.717, 1.165) is 11.6 Å². The fourth-order valence-corrected chi connectivity index (χ4v) is 1.47. The lowest BCUT2D eigenvalue weighted by molar-refractivity contribution is 0.861. The molecular weight excluding hydrogens is 200 g/mol. The molecule has 0 fully saturated rings. The van der Waals surface area contributed by atoms with Gasteiger partial charge in [0.25, 0.3) is 0 Å².